The average Bonchev–Trinajstić information content (AvgIpc) is 3.13. The molecule has 0 spiro atoms. The van der Waals surface area contributed by atoms with Crippen molar-refractivity contribution in [1.82, 2.24) is 10.3 Å². The van der Waals surface area contributed by atoms with E-state index in [1.54, 1.807) is 24.6 Å². The summed E-state index contributed by atoms with van der Waals surface area (Å²) >= 11 is 1.48. The predicted molar refractivity (Wildman–Crippen MR) is 97.1 cm³/mol. The van der Waals surface area contributed by atoms with Crippen LogP contribution < -0.4 is 15.1 Å². The number of thiazole rings is 1. The molecule has 2 aromatic rings. The Morgan fingerprint density at radius 2 is 1.92 bits per heavy atom. The maximum absolute atomic E-state index is 13.0. The third-order valence-corrected chi connectivity index (χ3v) is 4.96. The number of nitrogens with zero attached hydrogens (tertiary/aromatic N) is 3. The van der Waals surface area contributed by atoms with Crippen LogP contribution in [0.2, 0.25) is 0 Å². The molecule has 1 amide bonds. The number of hydrogen-bond donors (Lipinski definition) is 1. The summed E-state index contributed by atoms with van der Waals surface area (Å²) in [5.74, 6) is -0.397. The fraction of sp³-hybridized carbons (Fsp3) is 0.412. The van der Waals surface area contributed by atoms with E-state index in [0.29, 0.717) is 18.8 Å². The molecule has 0 aliphatic carbocycles. The Bertz CT molecular complexity index is 699. The first-order chi connectivity index (χ1) is 12.2. The number of aromatic nitrogens is 1. The summed E-state index contributed by atoms with van der Waals surface area (Å²) in [6.45, 7) is 4.25. The molecule has 1 fully saturated rings. The maximum Gasteiger partial charge on any atom is 0.270 e. The van der Waals surface area contributed by atoms with E-state index in [-0.39, 0.29) is 11.7 Å². The van der Waals surface area contributed by atoms with Crippen molar-refractivity contribution in [3.63, 3.8) is 0 Å². The molecule has 0 atom stereocenters. The van der Waals surface area contributed by atoms with Gasteiger partial charge in [0.25, 0.3) is 5.91 Å². The SMILES string of the molecule is COCCNC(=O)c1csc(N2CCN(c3ccc(F)cc3)CC2)n1. The quantitative estimate of drug-likeness (QED) is 0.795. The van der Waals surface area contributed by atoms with Crippen LogP contribution in [-0.4, -0.2) is 57.3 Å². The molecule has 0 saturated carbocycles. The van der Waals surface area contributed by atoms with Gasteiger partial charge in [0.05, 0.1) is 6.61 Å². The molecule has 1 aromatic heterocycles. The molecule has 2 heterocycles. The number of piperazine rings is 1. The minimum Gasteiger partial charge on any atom is -0.383 e. The lowest BCUT2D eigenvalue weighted by Gasteiger charge is -2.36. The highest BCUT2D eigenvalue weighted by atomic mass is 32.1. The summed E-state index contributed by atoms with van der Waals surface area (Å²) in [4.78, 5) is 20.8. The highest BCUT2D eigenvalue weighted by molar-refractivity contribution is 7.13. The van der Waals surface area contributed by atoms with Crippen molar-refractivity contribution in [1.29, 1.82) is 0 Å². The molecular formula is C17H21FN4O2S. The summed E-state index contributed by atoms with van der Waals surface area (Å²) in [7, 11) is 1.60. The van der Waals surface area contributed by atoms with Crippen LogP contribution in [0.15, 0.2) is 29.6 Å². The van der Waals surface area contributed by atoms with Crippen LogP contribution in [0.25, 0.3) is 0 Å². The molecule has 3 rings (SSSR count). The third-order valence-electron chi connectivity index (χ3n) is 4.06. The van der Waals surface area contributed by atoms with Crippen molar-refractivity contribution in [2.24, 2.45) is 0 Å². The van der Waals surface area contributed by atoms with Gasteiger partial charge in [0.15, 0.2) is 5.13 Å². The molecule has 0 unspecified atom stereocenters. The first kappa shape index (κ1) is 17.6. The number of amides is 1. The van der Waals surface area contributed by atoms with Crippen molar-refractivity contribution in [3.05, 3.63) is 41.2 Å². The molecule has 1 aliphatic heterocycles. The maximum atomic E-state index is 13.0. The predicted octanol–water partition coefficient (Wildman–Crippen LogP) is 1.99. The van der Waals surface area contributed by atoms with Crippen LogP contribution in [0.1, 0.15) is 10.5 Å². The minimum absolute atomic E-state index is 0.176. The molecule has 1 aliphatic rings. The number of benzene rings is 1. The average molecular weight is 364 g/mol. The van der Waals surface area contributed by atoms with Crippen molar-refractivity contribution in [2.75, 3.05) is 56.2 Å². The Morgan fingerprint density at radius 3 is 2.60 bits per heavy atom. The van der Waals surface area contributed by atoms with Crippen LogP contribution >= 0.6 is 11.3 Å². The Hall–Kier alpha value is -2.19. The summed E-state index contributed by atoms with van der Waals surface area (Å²) in [6.07, 6.45) is 0. The molecular weight excluding hydrogens is 343 g/mol. The van der Waals surface area contributed by atoms with Crippen molar-refractivity contribution < 1.29 is 13.9 Å². The van der Waals surface area contributed by atoms with E-state index in [1.807, 2.05) is 0 Å². The second-order valence-corrected chi connectivity index (χ2v) is 6.55. The van der Waals surface area contributed by atoms with Gasteiger partial charge in [-0.2, -0.15) is 0 Å². The summed E-state index contributed by atoms with van der Waals surface area (Å²) in [5, 5.41) is 5.41. The van der Waals surface area contributed by atoms with Crippen LogP contribution in [0, 0.1) is 5.82 Å². The lowest BCUT2D eigenvalue weighted by Crippen LogP contribution is -2.46. The van der Waals surface area contributed by atoms with E-state index in [9.17, 15) is 9.18 Å². The van der Waals surface area contributed by atoms with Crippen molar-refractivity contribution >= 4 is 28.1 Å². The zero-order valence-electron chi connectivity index (χ0n) is 14.1. The summed E-state index contributed by atoms with van der Waals surface area (Å²) < 4.78 is 17.9. The van der Waals surface area contributed by atoms with Gasteiger partial charge in [0, 0.05) is 50.9 Å². The second-order valence-electron chi connectivity index (χ2n) is 5.71. The van der Waals surface area contributed by atoms with Gasteiger partial charge in [0.1, 0.15) is 11.5 Å². The Labute approximate surface area is 150 Å². The largest absolute Gasteiger partial charge is 0.383 e. The number of methoxy groups -OCH3 is 1. The van der Waals surface area contributed by atoms with Crippen LogP contribution in [0.5, 0.6) is 0 Å². The van der Waals surface area contributed by atoms with Crippen LogP contribution in [0.3, 0.4) is 0 Å². The van der Waals surface area contributed by atoms with E-state index in [1.165, 1.54) is 23.5 Å². The number of halogens is 1. The topological polar surface area (TPSA) is 57.7 Å². The monoisotopic (exact) mass is 364 g/mol. The van der Waals surface area contributed by atoms with E-state index in [4.69, 9.17) is 4.74 Å². The lowest BCUT2D eigenvalue weighted by atomic mass is 10.2. The molecule has 1 N–H and O–H groups in total. The fourth-order valence-corrected chi connectivity index (χ4v) is 3.54. The molecule has 0 radical (unpaired) electrons. The molecule has 6 nitrogen and oxygen atoms in total. The van der Waals surface area contributed by atoms with Gasteiger partial charge in [0.2, 0.25) is 0 Å². The fourth-order valence-electron chi connectivity index (χ4n) is 2.68. The van der Waals surface area contributed by atoms with Gasteiger partial charge in [-0.1, -0.05) is 0 Å². The number of ether oxygens (including phenoxy) is 1. The number of anilines is 2. The zero-order chi connectivity index (χ0) is 17.6. The van der Waals surface area contributed by atoms with E-state index < -0.39 is 0 Å². The van der Waals surface area contributed by atoms with Gasteiger partial charge >= 0.3 is 0 Å². The van der Waals surface area contributed by atoms with Crippen LogP contribution in [0.4, 0.5) is 15.2 Å². The van der Waals surface area contributed by atoms with Gasteiger partial charge in [-0.3, -0.25) is 4.79 Å². The molecule has 1 saturated heterocycles. The van der Waals surface area contributed by atoms with Crippen LogP contribution in [-0.2, 0) is 4.74 Å². The zero-order valence-corrected chi connectivity index (χ0v) is 14.9. The summed E-state index contributed by atoms with van der Waals surface area (Å²) in [6, 6.07) is 6.57. The Balaban J connectivity index is 1.54. The summed E-state index contributed by atoms with van der Waals surface area (Å²) in [5.41, 5.74) is 1.47. The molecule has 0 bridgehead atoms. The van der Waals surface area contributed by atoms with E-state index in [0.717, 1.165) is 37.0 Å². The molecule has 8 heteroatoms. The molecule has 134 valence electrons. The number of rotatable bonds is 6. The highest BCUT2D eigenvalue weighted by Crippen LogP contribution is 2.24. The number of carbonyl (C=O) groups is 1. The Kier molecular flexibility index (Phi) is 5.83. The second kappa shape index (κ2) is 8.26. The van der Waals surface area contributed by atoms with E-state index in [2.05, 4.69) is 20.1 Å². The number of nitrogens with one attached hydrogen (secondary N) is 1. The van der Waals surface area contributed by atoms with Gasteiger partial charge in [-0.05, 0) is 24.3 Å². The van der Waals surface area contributed by atoms with Crippen molar-refractivity contribution in [3.8, 4) is 0 Å². The first-order valence-corrected chi connectivity index (χ1v) is 9.03. The molecule has 25 heavy (non-hydrogen) atoms. The van der Waals surface area contributed by atoms with Crippen molar-refractivity contribution in [2.45, 2.75) is 0 Å². The third kappa shape index (κ3) is 4.46. The Morgan fingerprint density at radius 1 is 1.24 bits per heavy atom. The lowest BCUT2D eigenvalue weighted by molar-refractivity contribution is 0.0933. The standard InChI is InChI=1S/C17H21FN4O2S/c1-24-11-6-19-16(23)15-12-25-17(20-15)22-9-7-21(8-10-22)14-4-2-13(18)3-5-14/h2-5,12H,6-11H2,1H3,(H,19,23). The molecule has 1 aromatic carbocycles. The highest BCUT2D eigenvalue weighted by Gasteiger charge is 2.21. The minimum atomic E-state index is -0.221. The van der Waals surface area contributed by atoms with Gasteiger partial charge in [-0.25, -0.2) is 9.37 Å². The smallest absolute Gasteiger partial charge is 0.270 e. The number of carbonyl (C=O) groups excluding carboxylic acids is 1. The number of hydrogen-bond acceptors (Lipinski definition) is 6. The van der Waals surface area contributed by atoms with E-state index >= 15 is 0 Å². The van der Waals surface area contributed by atoms with Gasteiger partial charge in [-0.15, -0.1) is 11.3 Å². The normalized spacial score (nSPS) is 14.6. The van der Waals surface area contributed by atoms with Gasteiger partial charge < -0.3 is 19.9 Å². The first-order valence-electron chi connectivity index (χ1n) is 8.15.